The minimum atomic E-state index is -0.651. The quantitative estimate of drug-likeness (QED) is 0.886. The highest BCUT2D eigenvalue weighted by atomic mass is 79.9. The maximum absolute atomic E-state index is 10.7. The Morgan fingerprint density at radius 3 is 3.10 bits per heavy atom. The summed E-state index contributed by atoms with van der Waals surface area (Å²) < 4.78 is 6.71. The molecule has 3 rings (SSSR count). The molecule has 0 spiro atoms. The molecule has 3 unspecified atom stereocenters. The molecule has 21 heavy (non-hydrogen) atoms. The molecule has 2 aliphatic rings. The third-order valence-electron chi connectivity index (χ3n) is 4.95. The van der Waals surface area contributed by atoms with E-state index in [1.807, 2.05) is 19.2 Å². The molecule has 0 saturated carbocycles. The summed E-state index contributed by atoms with van der Waals surface area (Å²) in [6.07, 6.45) is 4.80. The van der Waals surface area contributed by atoms with Crippen LogP contribution in [-0.4, -0.2) is 41.5 Å². The summed E-state index contributed by atoms with van der Waals surface area (Å²) in [7, 11) is 0. The van der Waals surface area contributed by atoms with Crippen molar-refractivity contribution in [2.45, 2.75) is 44.8 Å². The molecular formula is C16H23BrN2O2. The molecule has 0 aromatic carbocycles. The zero-order valence-corrected chi connectivity index (χ0v) is 14.3. The van der Waals surface area contributed by atoms with E-state index >= 15 is 0 Å². The predicted molar refractivity (Wildman–Crippen MR) is 86.6 cm³/mol. The van der Waals surface area contributed by atoms with Gasteiger partial charge in [-0.1, -0.05) is 0 Å². The third-order valence-corrected chi connectivity index (χ3v) is 5.93. The average molecular weight is 355 g/mol. The van der Waals surface area contributed by atoms with Crippen LogP contribution >= 0.6 is 15.9 Å². The molecule has 1 aromatic heterocycles. The molecule has 0 radical (unpaired) electrons. The Bertz CT molecular complexity index is 521. The fourth-order valence-corrected chi connectivity index (χ4v) is 4.04. The van der Waals surface area contributed by atoms with Crippen LogP contribution < -0.4 is 4.90 Å². The lowest BCUT2D eigenvalue weighted by Crippen LogP contribution is -2.52. The van der Waals surface area contributed by atoms with Gasteiger partial charge < -0.3 is 14.7 Å². The maximum atomic E-state index is 10.7. The molecule has 116 valence electrons. The number of aromatic nitrogens is 1. The Morgan fingerprint density at radius 1 is 1.52 bits per heavy atom. The number of pyridine rings is 1. The predicted octanol–water partition coefficient (Wildman–Crippen LogP) is 2.91. The second-order valence-corrected chi connectivity index (χ2v) is 7.25. The monoisotopic (exact) mass is 354 g/mol. The smallest absolute Gasteiger partial charge is 0.143 e. The molecular weight excluding hydrogens is 332 g/mol. The Kier molecular flexibility index (Phi) is 4.26. The highest BCUT2D eigenvalue weighted by molar-refractivity contribution is 9.10. The van der Waals surface area contributed by atoms with Crippen LogP contribution in [-0.2, 0) is 4.74 Å². The number of nitrogens with zero attached hydrogens (tertiary/aromatic N) is 2. The summed E-state index contributed by atoms with van der Waals surface area (Å²) in [5.74, 6) is 1.14. The fraction of sp³-hybridized carbons (Fsp3) is 0.688. The second-order valence-electron chi connectivity index (χ2n) is 6.46. The average Bonchev–Trinajstić information content (AvgIpc) is 2.90. The molecule has 2 fully saturated rings. The van der Waals surface area contributed by atoms with E-state index in [4.69, 9.17) is 4.74 Å². The van der Waals surface area contributed by atoms with Gasteiger partial charge >= 0.3 is 0 Å². The number of halogens is 1. The first kappa shape index (κ1) is 15.3. The van der Waals surface area contributed by atoms with Gasteiger partial charge in [-0.3, -0.25) is 0 Å². The van der Waals surface area contributed by atoms with E-state index in [0.717, 1.165) is 29.7 Å². The van der Waals surface area contributed by atoms with Crippen molar-refractivity contribution in [3.05, 3.63) is 22.3 Å². The molecule has 5 heteroatoms. The molecule has 0 bridgehead atoms. The molecule has 1 aromatic rings. The Labute approximate surface area is 134 Å². The minimum absolute atomic E-state index is 0.142. The molecule has 0 aliphatic carbocycles. The Balaban J connectivity index is 1.90. The Hall–Kier alpha value is -0.650. The van der Waals surface area contributed by atoms with Gasteiger partial charge in [-0.15, -0.1) is 0 Å². The zero-order chi connectivity index (χ0) is 15.0. The van der Waals surface area contributed by atoms with Crippen LogP contribution in [0.15, 0.2) is 16.7 Å². The largest absolute Gasteiger partial charge is 0.390 e. The van der Waals surface area contributed by atoms with Crippen molar-refractivity contribution in [3.63, 3.8) is 0 Å². The first-order valence-corrected chi connectivity index (χ1v) is 8.48. The van der Waals surface area contributed by atoms with Gasteiger partial charge in [0.05, 0.1) is 16.7 Å². The summed E-state index contributed by atoms with van der Waals surface area (Å²) in [4.78, 5) is 6.92. The maximum Gasteiger partial charge on any atom is 0.143 e. The standard InChI is InChI=1S/C16H23BrN2O2/c1-11-5-7-18-15(14(11)17)19-8-3-4-13(19)12-10-21-9-6-16(12,2)20/h5,7,12-13,20H,3-4,6,8-10H2,1-2H3. The number of ether oxygens (including phenoxy) is 1. The van der Waals surface area contributed by atoms with Gasteiger partial charge in [-0.2, -0.15) is 0 Å². The molecule has 1 N–H and O–H groups in total. The molecule has 0 amide bonds. The molecule has 3 heterocycles. The summed E-state index contributed by atoms with van der Waals surface area (Å²) in [6, 6.07) is 2.31. The normalized spacial score (nSPS) is 33.4. The van der Waals surface area contributed by atoms with Gasteiger partial charge in [0.2, 0.25) is 0 Å². The van der Waals surface area contributed by atoms with Gasteiger partial charge in [-0.05, 0) is 60.7 Å². The van der Waals surface area contributed by atoms with Crippen molar-refractivity contribution in [2.24, 2.45) is 5.92 Å². The minimum Gasteiger partial charge on any atom is -0.390 e. The van der Waals surface area contributed by atoms with E-state index < -0.39 is 5.60 Å². The molecule has 2 aliphatic heterocycles. The van der Waals surface area contributed by atoms with E-state index in [9.17, 15) is 5.11 Å². The lowest BCUT2D eigenvalue weighted by Gasteiger charge is -2.43. The third kappa shape index (κ3) is 2.83. The van der Waals surface area contributed by atoms with Gasteiger partial charge in [0.1, 0.15) is 5.82 Å². The van der Waals surface area contributed by atoms with Crippen LogP contribution in [0.25, 0.3) is 0 Å². The summed E-state index contributed by atoms with van der Waals surface area (Å²) in [5.41, 5.74) is 0.541. The van der Waals surface area contributed by atoms with Gasteiger partial charge in [0.25, 0.3) is 0 Å². The number of hydrogen-bond acceptors (Lipinski definition) is 4. The first-order chi connectivity index (χ1) is 10.0. The fourth-order valence-electron chi connectivity index (χ4n) is 3.58. The number of hydrogen-bond donors (Lipinski definition) is 1. The van der Waals surface area contributed by atoms with Crippen molar-refractivity contribution in [1.29, 1.82) is 0 Å². The SMILES string of the molecule is Cc1ccnc(N2CCCC2C2COCCC2(C)O)c1Br. The van der Waals surface area contributed by atoms with Gasteiger partial charge in [0, 0.05) is 31.3 Å². The number of anilines is 1. The van der Waals surface area contributed by atoms with Crippen LogP contribution in [0, 0.1) is 12.8 Å². The number of aryl methyl sites for hydroxylation is 1. The van der Waals surface area contributed by atoms with Gasteiger partial charge in [0.15, 0.2) is 0 Å². The summed E-state index contributed by atoms with van der Waals surface area (Å²) >= 11 is 3.67. The van der Waals surface area contributed by atoms with Crippen LogP contribution in [0.1, 0.15) is 31.7 Å². The summed E-state index contributed by atoms with van der Waals surface area (Å²) in [5, 5.41) is 10.7. The van der Waals surface area contributed by atoms with Crippen LogP contribution in [0.2, 0.25) is 0 Å². The van der Waals surface area contributed by atoms with Crippen LogP contribution in [0.3, 0.4) is 0 Å². The van der Waals surface area contributed by atoms with E-state index in [1.165, 1.54) is 5.56 Å². The zero-order valence-electron chi connectivity index (χ0n) is 12.7. The molecule has 2 saturated heterocycles. The first-order valence-electron chi connectivity index (χ1n) is 7.68. The van der Waals surface area contributed by atoms with Crippen molar-refractivity contribution in [1.82, 2.24) is 4.98 Å². The highest BCUT2D eigenvalue weighted by Crippen LogP contribution is 2.39. The molecule has 4 nitrogen and oxygen atoms in total. The highest BCUT2D eigenvalue weighted by Gasteiger charge is 2.44. The van der Waals surface area contributed by atoms with Crippen LogP contribution in [0.4, 0.5) is 5.82 Å². The topological polar surface area (TPSA) is 45.6 Å². The van der Waals surface area contributed by atoms with Crippen molar-refractivity contribution in [2.75, 3.05) is 24.7 Å². The van der Waals surface area contributed by atoms with Crippen molar-refractivity contribution < 1.29 is 9.84 Å². The Morgan fingerprint density at radius 2 is 2.33 bits per heavy atom. The van der Waals surface area contributed by atoms with Crippen molar-refractivity contribution in [3.8, 4) is 0 Å². The van der Waals surface area contributed by atoms with E-state index in [0.29, 0.717) is 25.7 Å². The van der Waals surface area contributed by atoms with E-state index in [-0.39, 0.29) is 5.92 Å². The van der Waals surface area contributed by atoms with Crippen molar-refractivity contribution >= 4 is 21.7 Å². The molecule has 3 atom stereocenters. The summed E-state index contributed by atoms with van der Waals surface area (Å²) in [6.45, 7) is 6.32. The number of aliphatic hydroxyl groups is 1. The van der Waals surface area contributed by atoms with E-state index in [2.05, 4.69) is 32.7 Å². The number of rotatable bonds is 2. The van der Waals surface area contributed by atoms with Gasteiger partial charge in [-0.25, -0.2) is 4.98 Å². The van der Waals surface area contributed by atoms with E-state index in [1.54, 1.807) is 0 Å². The second kappa shape index (κ2) is 5.86. The lowest BCUT2D eigenvalue weighted by atomic mass is 9.79. The lowest BCUT2D eigenvalue weighted by molar-refractivity contribution is -0.108. The van der Waals surface area contributed by atoms with Crippen LogP contribution in [0.5, 0.6) is 0 Å².